The van der Waals surface area contributed by atoms with E-state index in [4.69, 9.17) is 9.47 Å². The number of fused-ring (bicyclic) bond motifs is 1. The third kappa shape index (κ3) is 5.11. The minimum Gasteiger partial charge on any atom is -0.493 e. The van der Waals surface area contributed by atoms with E-state index >= 15 is 0 Å². The van der Waals surface area contributed by atoms with Crippen LogP contribution in [0.3, 0.4) is 0 Å². The molecule has 0 aromatic heterocycles. The van der Waals surface area contributed by atoms with Gasteiger partial charge in [0.25, 0.3) is 10.0 Å². The minimum absolute atomic E-state index is 0.0931. The van der Waals surface area contributed by atoms with Gasteiger partial charge >= 0.3 is 0 Å². The average molecular weight is 488 g/mol. The summed E-state index contributed by atoms with van der Waals surface area (Å²) in [5.74, 6) is 1.34. The van der Waals surface area contributed by atoms with E-state index in [0.717, 1.165) is 56.6 Å². The van der Waals surface area contributed by atoms with Crippen LogP contribution in [0.2, 0.25) is 0 Å². The predicted octanol–water partition coefficient (Wildman–Crippen LogP) is 5.03. The van der Waals surface area contributed by atoms with E-state index in [0.29, 0.717) is 29.8 Å². The molecule has 1 fully saturated rings. The van der Waals surface area contributed by atoms with Crippen LogP contribution in [0.25, 0.3) is 0 Å². The van der Waals surface area contributed by atoms with Crippen LogP contribution < -0.4 is 9.04 Å². The Morgan fingerprint density at radius 2 is 1.88 bits per heavy atom. The maximum atomic E-state index is 13.9. The number of benzene rings is 2. The summed E-state index contributed by atoms with van der Waals surface area (Å²) in [5.41, 5.74) is 3.57. The predicted molar refractivity (Wildman–Crippen MR) is 134 cm³/mol. The van der Waals surface area contributed by atoms with Crippen LogP contribution in [0.1, 0.15) is 69.1 Å². The van der Waals surface area contributed by atoms with Crippen molar-refractivity contribution in [2.45, 2.75) is 76.3 Å². The molecule has 0 bridgehead atoms. The zero-order chi connectivity index (χ0) is 24.3. The molecule has 2 aromatic rings. The average Bonchev–Trinajstić information content (AvgIpc) is 2.86. The lowest BCUT2D eigenvalue weighted by atomic mass is 9.92. The molecule has 7 heteroatoms. The number of ether oxygens (including phenoxy) is 2. The number of nitrogens with zero attached hydrogens (tertiary/aromatic N) is 1. The summed E-state index contributed by atoms with van der Waals surface area (Å²) >= 11 is 0. The molecule has 0 saturated carbocycles. The maximum absolute atomic E-state index is 13.9. The van der Waals surface area contributed by atoms with Gasteiger partial charge in [0.15, 0.2) is 0 Å². The Hall–Kier alpha value is -2.09. The second-order valence-electron chi connectivity index (χ2n) is 9.74. The molecular formula is C27H37NO5S. The highest BCUT2D eigenvalue weighted by molar-refractivity contribution is 7.92. The van der Waals surface area contributed by atoms with E-state index in [2.05, 4.69) is 19.9 Å². The topological polar surface area (TPSA) is 76.1 Å². The second kappa shape index (κ2) is 10.7. The van der Waals surface area contributed by atoms with Gasteiger partial charge in [-0.25, -0.2) is 8.42 Å². The Labute approximate surface area is 203 Å². The Balaban J connectivity index is 1.64. The van der Waals surface area contributed by atoms with Crippen molar-refractivity contribution in [1.82, 2.24) is 0 Å². The van der Waals surface area contributed by atoms with E-state index in [-0.39, 0.29) is 17.5 Å². The van der Waals surface area contributed by atoms with E-state index in [1.807, 2.05) is 19.1 Å². The molecule has 0 radical (unpaired) electrons. The molecule has 1 saturated heterocycles. The van der Waals surface area contributed by atoms with Crippen LogP contribution in [0.4, 0.5) is 5.69 Å². The van der Waals surface area contributed by atoms with Crippen molar-refractivity contribution in [3.63, 3.8) is 0 Å². The quantitative estimate of drug-likeness (QED) is 0.565. The summed E-state index contributed by atoms with van der Waals surface area (Å²) in [7, 11) is -3.80. The van der Waals surface area contributed by atoms with E-state index in [9.17, 15) is 13.5 Å². The van der Waals surface area contributed by atoms with Crippen molar-refractivity contribution in [2.75, 3.05) is 24.1 Å². The monoisotopic (exact) mass is 487 g/mol. The Kier molecular flexibility index (Phi) is 7.85. The molecule has 0 amide bonds. The van der Waals surface area contributed by atoms with Crippen LogP contribution >= 0.6 is 0 Å². The summed E-state index contributed by atoms with van der Waals surface area (Å²) in [5, 5.41) is 9.99. The number of aliphatic hydroxyl groups excluding tert-OH is 1. The summed E-state index contributed by atoms with van der Waals surface area (Å²) in [6.07, 6.45) is 4.31. The number of sulfonamides is 1. The van der Waals surface area contributed by atoms with E-state index in [1.54, 1.807) is 22.5 Å². The molecule has 1 atom stereocenters. The van der Waals surface area contributed by atoms with E-state index in [1.165, 1.54) is 5.56 Å². The number of aryl methyl sites for hydroxylation is 1. The molecule has 4 rings (SSSR count). The van der Waals surface area contributed by atoms with Crippen LogP contribution in [0.15, 0.2) is 41.3 Å². The lowest BCUT2D eigenvalue weighted by Crippen LogP contribution is -2.43. The fraction of sp³-hybridized carbons (Fsp3) is 0.556. The number of hydrogen-bond donors (Lipinski definition) is 1. The molecule has 34 heavy (non-hydrogen) atoms. The molecule has 6 nitrogen and oxygen atoms in total. The lowest BCUT2D eigenvalue weighted by Gasteiger charge is -2.38. The Morgan fingerprint density at radius 1 is 1.12 bits per heavy atom. The molecule has 2 aliphatic heterocycles. The largest absolute Gasteiger partial charge is 0.493 e. The summed E-state index contributed by atoms with van der Waals surface area (Å²) in [6, 6.07) is 10.9. The summed E-state index contributed by atoms with van der Waals surface area (Å²) < 4.78 is 40.8. The Morgan fingerprint density at radius 3 is 2.56 bits per heavy atom. The zero-order valence-corrected chi connectivity index (χ0v) is 21.3. The molecule has 2 heterocycles. The molecule has 2 aromatic carbocycles. The maximum Gasteiger partial charge on any atom is 0.264 e. The van der Waals surface area contributed by atoms with Crippen LogP contribution in [-0.4, -0.2) is 39.4 Å². The van der Waals surface area contributed by atoms with Crippen LogP contribution in [0, 0.1) is 5.92 Å². The highest BCUT2D eigenvalue weighted by Gasteiger charge is 2.35. The third-order valence-corrected chi connectivity index (χ3v) is 8.99. The first-order valence-corrected chi connectivity index (χ1v) is 13.9. The first-order chi connectivity index (χ1) is 16.3. The molecule has 0 spiro atoms. The zero-order valence-electron chi connectivity index (χ0n) is 20.5. The van der Waals surface area contributed by atoms with Crippen molar-refractivity contribution in [1.29, 1.82) is 0 Å². The second-order valence-corrected chi connectivity index (χ2v) is 11.6. The van der Waals surface area contributed by atoms with Gasteiger partial charge in [0.2, 0.25) is 0 Å². The van der Waals surface area contributed by atoms with E-state index < -0.39 is 10.0 Å². The molecule has 0 unspecified atom stereocenters. The number of rotatable bonds is 8. The Bertz CT molecular complexity index is 1090. The first kappa shape index (κ1) is 25.0. The molecular weight excluding hydrogens is 450 g/mol. The van der Waals surface area contributed by atoms with Crippen LogP contribution in [0.5, 0.6) is 5.75 Å². The van der Waals surface area contributed by atoms with Crippen molar-refractivity contribution in [3.8, 4) is 5.75 Å². The molecule has 0 aliphatic carbocycles. The molecule has 1 N–H and O–H groups in total. The summed E-state index contributed by atoms with van der Waals surface area (Å²) in [4.78, 5) is 0.189. The standard InChI is InChI=1S/C27H37NO5S/c1-4-24-7-5-22-15-21(19(2)3)6-9-26(22)28(24)34(30,31)25-8-10-27(23(16-25)17-29)33-18-20-11-13-32-14-12-20/h6,8-10,15-16,19-20,24,29H,4-5,7,11-14,17-18H2,1-3H3/t24-/m1/s1. The highest BCUT2D eigenvalue weighted by atomic mass is 32.2. The van der Waals surface area contributed by atoms with Crippen molar-refractivity contribution >= 4 is 15.7 Å². The fourth-order valence-electron chi connectivity index (χ4n) is 4.93. The highest BCUT2D eigenvalue weighted by Crippen LogP contribution is 2.38. The molecule has 186 valence electrons. The SMILES string of the molecule is CC[C@@H]1CCc2cc(C(C)C)ccc2N1S(=O)(=O)c1ccc(OCC2CCOCC2)c(CO)c1. The van der Waals surface area contributed by atoms with Gasteiger partial charge in [-0.2, -0.15) is 0 Å². The van der Waals surface area contributed by atoms with Crippen LogP contribution in [-0.2, 0) is 27.8 Å². The number of hydrogen-bond acceptors (Lipinski definition) is 5. The van der Waals surface area contributed by atoms with Gasteiger partial charge in [-0.1, -0.05) is 32.9 Å². The minimum atomic E-state index is -3.80. The van der Waals surface area contributed by atoms with Crippen molar-refractivity contribution in [3.05, 3.63) is 53.1 Å². The van der Waals surface area contributed by atoms with Gasteiger partial charge in [0.1, 0.15) is 5.75 Å². The normalized spacial score (nSPS) is 19.3. The number of aliphatic hydroxyl groups is 1. The van der Waals surface area contributed by atoms with Gasteiger partial charge in [-0.05, 0) is 79.3 Å². The smallest absolute Gasteiger partial charge is 0.264 e. The van der Waals surface area contributed by atoms with Crippen molar-refractivity contribution < 1.29 is 23.0 Å². The van der Waals surface area contributed by atoms with Gasteiger partial charge in [-0.3, -0.25) is 4.31 Å². The van der Waals surface area contributed by atoms with Crippen molar-refractivity contribution in [2.24, 2.45) is 5.92 Å². The summed E-state index contributed by atoms with van der Waals surface area (Å²) in [6.45, 7) is 8.08. The first-order valence-electron chi connectivity index (χ1n) is 12.5. The third-order valence-electron chi connectivity index (χ3n) is 7.13. The van der Waals surface area contributed by atoms with Gasteiger partial charge in [-0.15, -0.1) is 0 Å². The van der Waals surface area contributed by atoms with Gasteiger partial charge in [0.05, 0.1) is 23.8 Å². The molecule has 2 aliphatic rings. The van der Waals surface area contributed by atoms with Gasteiger partial charge < -0.3 is 14.6 Å². The lowest BCUT2D eigenvalue weighted by molar-refractivity contribution is 0.0494. The van der Waals surface area contributed by atoms with Gasteiger partial charge in [0, 0.05) is 24.8 Å². The number of anilines is 1. The fourth-order valence-corrected chi connectivity index (χ4v) is 6.77.